The van der Waals surface area contributed by atoms with Crippen LogP contribution in [0.1, 0.15) is 15.4 Å². The molecule has 2 heterocycles. The van der Waals surface area contributed by atoms with E-state index in [1.54, 1.807) is 0 Å². The SMILES string of the molecule is O=C(O)Cn1nnnc1Sc1nc(C(F)(F)F)c(C(=O)O)s1. The van der Waals surface area contributed by atoms with E-state index in [0.29, 0.717) is 23.1 Å². The van der Waals surface area contributed by atoms with Crippen molar-refractivity contribution < 1.29 is 33.0 Å². The molecule has 22 heavy (non-hydrogen) atoms. The summed E-state index contributed by atoms with van der Waals surface area (Å²) in [5, 5.41) is 27.3. The summed E-state index contributed by atoms with van der Waals surface area (Å²) in [5.41, 5.74) is -1.52. The third kappa shape index (κ3) is 3.51. The molecule has 0 fully saturated rings. The summed E-state index contributed by atoms with van der Waals surface area (Å²) < 4.78 is 38.7. The van der Waals surface area contributed by atoms with Gasteiger partial charge in [-0.25, -0.2) is 14.5 Å². The van der Waals surface area contributed by atoms with E-state index in [-0.39, 0.29) is 9.50 Å². The molecule has 0 atom stereocenters. The van der Waals surface area contributed by atoms with Crippen LogP contribution in [0.3, 0.4) is 0 Å². The highest BCUT2D eigenvalue weighted by Crippen LogP contribution is 2.38. The second kappa shape index (κ2) is 5.88. The normalized spacial score (nSPS) is 11.6. The number of nitrogens with zero attached hydrogens (tertiary/aromatic N) is 5. The number of thiazole rings is 1. The first-order valence-corrected chi connectivity index (χ1v) is 6.79. The van der Waals surface area contributed by atoms with Gasteiger partial charge in [0.15, 0.2) is 10.0 Å². The highest BCUT2D eigenvalue weighted by molar-refractivity contribution is 8.00. The van der Waals surface area contributed by atoms with Crippen LogP contribution in [0.4, 0.5) is 13.2 Å². The van der Waals surface area contributed by atoms with Gasteiger partial charge in [-0.1, -0.05) is 11.3 Å². The van der Waals surface area contributed by atoms with E-state index in [1.807, 2.05) is 0 Å². The first-order chi connectivity index (χ1) is 10.2. The van der Waals surface area contributed by atoms with E-state index in [2.05, 4.69) is 20.5 Å². The molecule has 2 rings (SSSR count). The minimum absolute atomic E-state index is 0.123. The Labute approximate surface area is 126 Å². The van der Waals surface area contributed by atoms with Gasteiger partial charge in [-0.3, -0.25) is 4.79 Å². The third-order valence-corrected chi connectivity index (χ3v) is 4.11. The lowest BCUT2D eigenvalue weighted by atomic mass is 10.3. The molecule has 0 aromatic carbocycles. The maximum atomic E-state index is 12.7. The molecule has 0 saturated carbocycles. The number of alkyl halides is 3. The number of hydrogen-bond acceptors (Lipinski definition) is 8. The molecule has 2 aromatic rings. The summed E-state index contributed by atoms with van der Waals surface area (Å²) in [6.07, 6.45) is -4.92. The second-order valence-corrected chi connectivity index (χ2v) is 5.79. The molecule has 118 valence electrons. The number of aromatic carboxylic acids is 1. The summed E-state index contributed by atoms with van der Waals surface area (Å²) in [4.78, 5) is 23.7. The van der Waals surface area contributed by atoms with Crippen molar-refractivity contribution >= 4 is 35.0 Å². The van der Waals surface area contributed by atoms with Crippen molar-refractivity contribution in [3.05, 3.63) is 10.6 Å². The molecule has 0 spiro atoms. The topological polar surface area (TPSA) is 131 Å². The lowest BCUT2D eigenvalue weighted by Gasteiger charge is -2.02. The minimum atomic E-state index is -4.92. The smallest absolute Gasteiger partial charge is 0.435 e. The molecule has 0 aliphatic heterocycles. The van der Waals surface area contributed by atoms with E-state index < -0.39 is 35.2 Å². The van der Waals surface area contributed by atoms with Crippen LogP contribution in [0.2, 0.25) is 0 Å². The molecule has 2 N–H and O–H groups in total. The number of tetrazole rings is 1. The monoisotopic (exact) mass is 355 g/mol. The van der Waals surface area contributed by atoms with Crippen LogP contribution in [-0.4, -0.2) is 47.3 Å². The maximum Gasteiger partial charge on any atom is 0.435 e. The number of carbonyl (C=O) groups is 2. The Bertz CT molecular complexity index is 728. The van der Waals surface area contributed by atoms with E-state index in [9.17, 15) is 22.8 Å². The Morgan fingerprint density at radius 2 is 2.00 bits per heavy atom. The molecule has 9 nitrogen and oxygen atoms in total. The van der Waals surface area contributed by atoms with Crippen molar-refractivity contribution in [2.45, 2.75) is 22.2 Å². The molecule has 14 heteroatoms. The number of carboxylic acids is 2. The van der Waals surface area contributed by atoms with Gasteiger partial charge in [-0.15, -0.1) is 5.10 Å². The van der Waals surface area contributed by atoms with Gasteiger partial charge >= 0.3 is 18.1 Å². The largest absolute Gasteiger partial charge is 0.480 e. The number of rotatable bonds is 5. The van der Waals surface area contributed by atoms with Gasteiger partial charge in [0.05, 0.1) is 0 Å². The molecular formula is C8H4F3N5O4S2. The fraction of sp³-hybridized carbons (Fsp3) is 0.250. The zero-order valence-corrected chi connectivity index (χ0v) is 11.7. The molecule has 0 saturated heterocycles. The summed E-state index contributed by atoms with van der Waals surface area (Å²) in [6, 6.07) is 0. The van der Waals surface area contributed by atoms with Crippen LogP contribution in [-0.2, 0) is 17.5 Å². The van der Waals surface area contributed by atoms with Crippen molar-refractivity contribution in [1.29, 1.82) is 0 Å². The van der Waals surface area contributed by atoms with E-state index in [4.69, 9.17) is 10.2 Å². The molecule has 0 aliphatic rings. The standard InChI is InChI=1S/C8H4F3N5O4S2/c9-8(10,11)4-3(5(19)20)21-7(12-4)22-6-13-14-15-16(6)1-2(17)18/h1H2,(H,17,18)(H,19,20). The average Bonchev–Trinajstić information content (AvgIpc) is 2.96. The van der Waals surface area contributed by atoms with Crippen LogP contribution < -0.4 is 0 Å². The molecule has 0 radical (unpaired) electrons. The predicted molar refractivity (Wildman–Crippen MR) is 63.7 cm³/mol. The Kier molecular flexibility index (Phi) is 4.32. The van der Waals surface area contributed by atoms with E-state index in [1.165, 1.54) is 0 Å². The summed E-state index contributed by atoms with van der Waals surface area (Å²) >= 11 is 0.835. The highest BCUT2D eigenvalue weighted by atomic mass is 32.2. The number of halogens is 3. The zero-order valence-electron chi connectivity index (χ0n) is 10.1. The number of carboxylic acid groups (broad SMARTS) is 2. The molecule has 0 aliphatic carbocycles. The van der Waals surface area contributed by atoms with Crippen LogP contribution >= 0.6 is 23.1 Å². The van der Waals surface area contributed by atoms with Gasteiger partial charge in [-0.2, -0.15) is 13.2 Å². The Balaban J connectivity index is 2.33. The Hall–Kier alpha value is -2.22. The molecule has 0 amide bonds. The van der Waals surface area contributed by atoms with Crippen molar-refractivity contribution in [2.24, 2.45) is 0 Å². The zero-order chi connectivity index (χ0) is 16.5. The third-order valence-electron chi connectivity index (χ3n) is 2.03. The first-order valence-electron chi connectivity index (χ1n) is 5.15. The van der Waals surface area contributed by atoms with Gasteiger partial charge < -0.3 is 10.2 Å². The minimum Gasteiger partial charge on any atom is -0.480 e. The van der Waals surface area contributed by atoms with Crippen molar-refractivity contribution in [3.8, 4) is 0 Å². The summed E-state index contributed by atoms with van der Waals surface area (Å²) in [7, 11) is 0. The van der Waals surface area contributed by atoms with Crippen LogP contribution in [0.5, 0.6) is 0 Å². The predicted octanol–water partition coefficient (Wildman–Crippen LogP) is 1.08. The van der Waals surface area contributed by atoms with Crippen molar-refractivity contribution in [3.63, 3.8) is 0 Å². The maximum absolute atomic E-state index is 12.7. The van der Waals surface area contributed by atoms with Crippen molar-refractivity contribution in [1.82, 2.24) is 25.2 Å². The van der Waals surface area contributed by atoms with Crippen molar-refractivity contribution in [2.75, 3.05) is 0 Å². The van der Waals surface area contributed by atoms with Gasteiger partial charge in [0.25, 0.3) is 0 Å². The Morgan fingerprint density at radius 1 is 1.32 bits per heavy atom. The molecule has 0 unspecified atom stereocenters. The number of aliphatic carboxylic acids is 1. The van der Waals surface area contributed by atoms with E-state index >= 15 is 0 Å². The molecule has 0 bridgehead atoms. The van der Waals surface area contributed by atoms with Gasteiger partial charge in [0, 0.05) is 0 Å². The fourth-order valence-electron chi connectivity index (χ4n) is 1.26. The molecule has 2 aromatic heterocycles. The van der Waals surface area contributed by atoms with Gasteiger partial charge in [-0.05, 0) is 22.2 Å². The summed E-state index contributed by atoms with van der Waals surface area (Å²) in [6.45, 7) is -0.599. The number of hydrogen-bond donors (Lipinski definition) is 2. The first kappa shape index (κ1) is 16.2. The van der Waals surface area contributed by atoms with Gasteiger partial charge in [0.1, 0.15) is 11.4 Å². The lowest BCUT2D eigenvalue weighted by molar-refractivity contribution is -0.141. The summed E-state index contributed by atoms with van der Waals surface area (Å²) in [5.74, 6) is -3.02. The molecular weight excluding hydrogens is 351 g/mol. The van der Waals surface area contributed by atoms with Gasteiger partial charge in [0.2, 0.25) is 5.16 Å². The fourth-order valence-corrected chi connectivity index (χ4v) is 3.13. The second-order valence-electron chi connectivity index (χ2n) is 3.58. The Morgan fingerprint density at radius 3 is 2.50 bits per heavy atom. The lowest BCUT2D eigenvalue weighted by Crippen LogP contribution is -2.11. The van der Waals surface area contributed by atoms with E-state index in [0.717, 1.165) is 4.68 Å². The van der Waals surface area contributed by atoms with Crippen LogP contribution in [0.25, 0.3) is 0 Å². The number of aromatic nitrogens is 5. The quantitative estimate of drug-likeness (QED) is 0.808. The highest BCUT2D eigenvalue weighted by Gasteiger charge is 2.40. The average molecular weight is 355 g/mol. The van der Waals surface area contributed by atoms with Crippen LogP contribution in [0.15, 0.2) is 9.50 Å². The van der Waals surface area contributed by atoms with Crippen LogP contribution in [0, 0.1) is 0 Å².